The van der Waals surface area contributed by atoms with Crippen LogP contribution in [0.3, 0.4) is 0 Å². The van der Waals surface area contributed by atoms with Crippen LogP contribution in [0.2, 0.25) is 0 Å². The van der Waals surface area contributed by atoms with Crippen molar-refractivity contribution in [3.63, 3.8) is 0 Å². The fourth-order valence-electron chi connectivity index (χ4n) is 2.00. The Labute approximate surface area is 111 Å². The van der Waals surface area contributed by atoms with E-state index in [9.17, 15) is 9.90 Å². The molecule has 0 bridgehead atoms. The Bertz CT molecular complexity index is 280. The molecule has 3 N–H and O–H groups in total. The third-order valence-corrected chi connectivity index (χ3v) is 3.57. The third kappa shape index (κ3) is 5.71. The number of hydrogen-bond acceptors (Lipinski definition) is 2. The number of hydrogen-bond donors (Lipinski definition) is 3. The summed E-state index contributed by atoms with van der Waals surface area (Å²) < 4.78 is 0. The first-order valence-corrected chi connectivity index (χ1v) is 6.97. The largest absolute Gasteiger partial charge is 0.388 e. The van der Waals surface area contributed by atoms with Gasteiger partial charge in [0.25, 0.3) is 0 Å². The van der Waals surface area contributed by atoms with Crippen molar-refractivity contribution in [1.29, 1.82) is 0 Å². The van der Waals surface area contributed by atoms with Crippen molar-refractivity contribution >= 4 is 6.03 Å². The maximum Gasteiger partial charge on any atom is 0.315 e. The van der Waals surface area contributed by atoms with E-state index in [0.29, 0.717) is 12.0 Å². The molecule has 0 aliphatic heterocycles. The molecule has 18 heavy (non-hydrogen) atoms. The summed E-state index contributed by atoms with van der Waals surface area (Å²) in [5.41, 5.74) is -0.348. The Morgan fingerprint density at radius 1 is 1.39 bits per heavy atom. The highest BCUT2D eigenvalue weighted by molar-refractivity contribution is 5.74. The van der Waals surface area contributed by atoms with E-state index in [-0.39, 0.29) is 12.1 Å². The lowest BCUT2D eigenvalue weighted by Gasteiger charge is -2.36. The molecule has 0 radical (unpaired) electrons. The molecular formula is C14H28N2O2. The fraction of sp³-hybridized carbons (Fsp3) is 0.929. The molecule has 1 unspecified atom stereocenters. The monoisotopic (exact) mass is 256 g/mol. The Morgan fingerprint density at radius 3 is 2.44 bits per heavy atom. The maximum atomic E-state index is 11.6. The van der Waals surface area contributed by atoms with Gasteiger partial charge in [-0.2, -0.15) is 0 Å². The lowest BCUT2D eigenvalue weighted by Crippen LogP contribution is -2.51. The Kier molecular flexibility index (Phi) is 5.02. The summed E-state index contributed by atoms with van der Waals surface area (Å²) in [6.45, 7) is 8.98. The summed E-state index contributed by atoms with van der Waals surface area (Å²) in [5, 5.41) is 15.5. The third-order valence-electron chi connectivity index (χ3n) is 3.57. The summed E-state index contributed by atoms with van der Waals surface area (Å²) in [7, 11) is 0. The van der Waals surface area contributed by atoms with Crippen LogP contribution in [0.4, 0.5) is 4.79 Å². The lowest BCUT2D eigenvalue weighted by atomic mass is 9.80. The van der Waals surface area contributed by atoms with Gasteiger partial charge < -0.3 is 15.7 Å². The summed E-state index contributed by atoms with van der Waals surface area (Å²) in [5.74, 6) is 0. The summed E-state index contributed by atoms with van der Waals surface area (Å²) in [4.78, 5) is 11.6. The molecule has 1 aliphatic carbocycles. The van der Waals surface area contributed by atoms with Gasteiger partial charge in [0.2, 0.25) is 0 Å². The predicted octanol–water partition coefficient (Wildman–Crippen LogP) is 2.42. The molecule has 0 aromatic heterocycles. The predicted molar refractivity (Wildman–Crippen MR) is 73.5 cm³/mol. The minimum absolute atomic E-state index is 0.167. The second kappa shape index (κ2) is 5.91. The molecule has 1 rings (SSSR count). The van der Waals surface area contributed by atoms with Gasteiger partial charge in [-0.05, 0) is 44.4 Å². The highest BCUT2D eigenvalue weighted by Gasteiger charge is 2.34. The van der Waals surface area contributed by atoms with E-state index in [4.69, 9.17) is 0 Å². The van der Waals surface area contributed by atoms with Crippen LogP contribution < -0.4 is 10.6 Å². The van der Waals surface area contributed by atoms with Gasteiger partial charge in [0, 0.05) is 12.6 Å². The highest BCUT2D eigenvalue weighted by atomic mass is 16.3. The summed E-state index contributed by atoms with van der Waals surface area (Å²) >= 11 is 0. The summed E-state index contributed by atoms with van der Waals surface area (Å²) in [6.07, 6.45) is 4.71. The van der Waals surface area contributed by atoms with Crippen molar-refractivity contribution in [2.24, 2.45) is 5.41 Å². The number of rotatable bonds is 5. The molecule has 106 valence electrons. The molecule has 4 heteroatoms. The van der Waals surface area contributed by atoms with E-state index in [2.05, 4.69) is 31.4 Å². The smallest absolute Gasteiger partial charge is 0.315 e. The van der Waals surface area contributed by atoms with Gasteiger partial charge in [0.05, 0.1) is 5.60 Å². The molecular weight excluding hydrogens is 228 g/mol. The van der Waals surface area contributed by atoms with E-state index < -0.39 is 5.60 Å². The first-order chi connectivity index (χ1) is 8.20. The van der Waals surface area contributed by atoms with E-state index >= 15 is 0 Å². The number of amides is 2. The normalized spacial score (nSPS) is 19.8. The quantitative estimate of drug-likeness (QED) is 0.707. The minimum Gasteiger partial charge on any atom is -0.388 e. The Hall–Kier alpha value is -0.770. The van der Waals surface area contributed by atoms with Gasteiger partial charge >= 0.3 is 6.03 Å². The molecule has 1 aliphatic rings. The number of urea groups is 1. The van der Waals surface area contributed by atoms with Crippen LogP contribution >= 0.6 is 0 Å². The summed E-state index contributed by atoms with van der Waals surface area (Å²) in [6, 6.07) is -0.00278. The Balaban J connectivity index is 2.15. The van der Waals surface area contributed by atoms with Crippen molar-refractivity contribution in [3.8, 4) is 0 Å². The minimum atomic E-state index is -0.647. The van der Waals surface area contributed by atoms with E-state index in [1.54, 1.807) is 0 Å². The SMILES string of the molecule is CC(CCC(C)(C)C)NC(=O)NCC1(O)CCC1. The van der Waals surface area contributed by atoms with E-state index in [1.165, 1.54) is 0 Å². The average Bonchev–Trinajstić information content (AvgIpc) is 2.20. The second-order valence-electron chi connectivity index (χ2n) is 6.91. The van der Waals surface area contributed by atoms with Gasteiger partial charge in [-0.1, -0.05) is 20.8 Å². The number of nitrogens with one attached hydrogen (secondary N) is 2. The zero-order chi connectivity index (χ0) is 13.8. The van der Waals surface area contributed by atoms with Gasteiger partial charge in [-0.25, -0.2) is 4.79 Å². The van der Waals surface area contributed by atoms with Crippen LogP contribution in [0.5, 0.6) is 0 Å². The van der Waals surface area contributed by atoms with Gasteiger partial charge in [0.1, 0.15) is 0 Å². The molecule has 1 fully saturated rings. The van der Waals surface area contributed by atoms with Gasteiger partial charge in [-0.3, -0.25) is 0 Å². The van der Waals surface area contributed by atoms with Crippen molar-refractivity contribution in [2.75, 3.05) is 6.54 Å². The second-order valence-corrected chi connectivity index (χ2v) is 6.91. The molecule has 1 atom stereocenters. The van der Waals surface area contributed by atoms with Gasteiger partial charge in [-0.15, -0.1) is 0 Å². The number of carbonyl (C=O) groups excluding carboxylic acids is 1. The zero-order valence-corrected chi connectivity index (χ0v) is 12.2. The standard InChI is InChI=1S/C14H28N2O2/c1-11(6-9-13(2,3)4)16-12(17)15-10-14(18)7-5-8-14/h11,18H,5-10H2,1-4H3,(H2,15,16,17). The molecule has 0 heterocycles. The van der Waals surface area contributed by atoms with Crippen LogP contribution in [0, 0.1) is 5.41 Å². The van der Waals surface area contributed by atoms with Crippen molar-refractivity contribution in [1.82, 2.24) is 10.6 Å². The van der Waals surface area contributed by atoms with Crippen LogP contribution in [0.15, 0.2) is 0 Å². The zero-order valence-electron chi connectivity index (χ0n) is 12.2. The van der Waals surface area contributed by atoms with Crippen LogP contribution in [-0.2, 0) is 0 Å². The average molecular weight is 256 g/mol. The molecule has 2 amide bonds. The van der Waals surface area contributed by atoms with E-state index in [0.717, 1.165) is 32.1 Å². The molecule has 0 saturated heterocycles. The number of aliphatic hydroxyl groups is 1. The Morgan fingerprint density at radius 2 is 2.00 bits per heavy atom. The first-order valence-electron chi connectivity index (χ1n) is 6.97. The first kappa shape index (κ1) is 15.3. The van der Waals surface area contributed by atoms with Crippen molar-refractivity contribution < 1.29 is 9.90 Å². The van der Waals surface area contributed by atoms with Crippen LogP contribution in [-0.4, -0.2) is 29.3 Å². The number of carbonyl (C=O) groups is 1. The molecule has 0 aromatic carbocycles. The molecule has 0 aromatic rings. The maximum absolute atomic E-state index is 11.6. The highest BCUT2D eigenvalue weighted by Crippen LogP contribution is 2.30. The molecule has 0 spiro atoms. The van der Waals surface area contributed by atoms with E-state index in [1.807, 2.05) is 6.92 Å². The van der Waals surface area contributed by atoms with Crippen molar-refractivity contribution in [3.05, 3.63) is 0 Å². The molecule has 1 saturated carbocycles. The van der Waals surface area contributed by atoms with Crippen LogP contribution in [0.25, 0.3) is 0 Å². The fourth-order valence-corrected chi connectivity index (χ4v) is 2.00. The van der Waals surface area contributed by atoms with Crippen molar-refractivity contribution in [2.45, 2.75) is 71.4 Å². The topological polar surface area (TPSA) is 61.4 Å². The molecule has 4 nitrogen and oxygen atoms in total. The lowest BCUT2D eigenvalue weighted by molar-refractivity contribution is -0.0290. The van der Waals surface area contributed by atoms with Crippen LogP contribution in [0.1, 0.15) is 59.8 Å². The van der Waals surface area contributed by atoms with Gasteiger partial charge in [0.15, 0.2) is 0 Å².